The number of anilines is 1. The lowest BCUT2D eigenvalue weighted by atomic mass is 9.89. The number of aromatic nitrogens is 1. The van der Waals surface area contributed by atoms with Gasteiger partial charge in [0.1, 0.15) is 0 Å². The minimum absolute atomic E-state index is 0.0218. The summed E-state index contributed by atoms with van der Waals surface area (Å²) in [7, 11) is 0. The summed E-state index contributed by atoms with van der Waals surface area (Å²) in [5, 5.41) is 6.28. The molecule has 0 atom stereocenters. The number of nitrogens with zero attached hydrogens (tertiary/aromatic N) is 1. The predicted molar refractivity (Wildman–Crippen MR) is 171 cm³/mol. The molecule has 6 rings (SSSR count). The summed E-state index contributed by atoms with van der Waals surface area (Å²) >= 11 is 0. The lowest BCUT2D eigenvalue weighted by molar-refractivity contribution is -0.137. The highest BCUT2D eigenvalue weighted by atomic mass is 19.4. The molecule has 7 heteroatoms. The third-order valence-electron chi connectivity index (χ3n) is 8.81. The second-order valence-corrected chi connectivity index (χ2v) is 12.1. The molecular weight excluding hydrogens is 559 g/mol. The van der Waals surface area contributed by atoms with Crippen LogP contribution in [0.2, 0.25) is 0 Å². The van der Waals surface area contributed by atoms with Crippen molar-refractivity contribution in [2.75, 3.05) is 25.0 Å². The normalized spacial score (nSPS) is 14.8. The standard InChI is InChI=1S/C37H36F3N3O/c1-24(2)36(44)41-30-9-5-8-28(23-30)25-18-21-43(22-19-25)20-6-11-32-33-17-14-26-7-3-4-10-31(26)35(33)42-34(32)27-12-15-29(16-13-27)37(38,39)40/h3-4,7-8,10,12-17,23-25,42H,6,11,18-22H2,1-2H3,(H,41,44). The SMILES string of the molecule is CC(C)C(=O)Nc1c#ccc(C2CCN(CCCc3c(-c4ccc(C(F)(F)F)cc4)[nH]c4c3ccc3ccccc34)CC2)c1. The van der Waals surface area contributed by atoms with Gasteiger partial charge < -0.3 is 15.2 Å². The van der Waals surface area contributed by atoms with Crippen LogP contribution in [0.1, 0.15) is 55.7 Å². The Morgan fingerprint density at radius 3 is 2.50 bits per heavy atom. The van der Waals surface area contributed by atoms with E-state index in [9.17, 15) is 18.0 Å². The van der Waals surface area contributed by atoms with Crippen molar-refractivity contribution in [3.8, 4) is 11.3 Å². The van der Waals surface area contributed by atoms with Gasteiger partial charge in [0, 0.05) is 22.4 Å². The molecule has 0 aliphatic carbocycles. The lowest BCUT2D eigenvalue weighted by Crippen LogP contribution is -2.33. The highest BCUT2D eigenvalue weighted by molar-refractivity contribution is 6.08. The molecule has 4 nitrogen and oxygen atoms in total. The number of hydrogen-bond acceptors (Lipinski definition) is 2. The molecule has 0 radical (unpaired) electrons. The van der Waals surface area contributed by atoms with Crippen molar-refractivity contribution >= 4 is 33.3 Å². The molecule has 5 aromatic rings. The molecular formula is C37H36F3N3O. The van der Waals surface area contributed by atoms with E-state index in [-0.39, 0.29) is 11.8 Å². The van der Waals surface area contributed by atoms with Crippen LogP contribution in [0.25, 0.3) is 32.9 Å². The smallest absolute Gasteiger partial charge is 0.354 e. The van der Waals surface area contributed by atoms with Gasteiger partial charge in [0.25, 0.3) is 0 Å². The van der Waals surface area contributed by atoms with Crippen molar-refractivity contribution < 1.29 is 18.0 Å². The Hall–Kier alpha value is -4.28. The van der Waals surface area contributed by atoms with Gasteiger partial charge in [0.2, 0.25) is 5.91 Å². The van der Waals surface area contributed by atoms with E-state index in [4.69, 9.17) is 0 Å². The van der Waals surface area contributed by atoms with Gasteiger partial charge >= 0.3 is 6.18 Å². The Morgan fingerprint density at radius 2 is 1.77 bits per heavy atom. The van der Waals surface area contributed by atoms with Crippen LogP contribution in [0, 0.1) is 18.1 Å². The monoisotopic (exact) mass is 595 g/mol. The van der Waals surface area contributed by atoms with E-state index in [1.54, 1.807) is 12.1 Å². The minimum atomic E-state index is -4.37. The number of amides is 1. The van der Waals surface area contributed by atoms with E-state index >= 15 is 0 Å². The van der Waals surface area contributed by atoms with E-state index in [0.29, 0.717) is 11.6 Å². The maximum Gasteiger partial charge on any atom is 0.416 e. The van der Waals surface area contributed by atoms with Crippen LogP contribution in [0.5, 0.6) is 0 Å². The maximum atomic E-state index is 13.3. The molecule has 0 saturated carbocycles. The topological polar surface area (TPSA) is 48.1 Å². The van der Waals surface area contributed by atoms with Crippen molar-refractivity contribution in [1.82, 2.24) is 9.88 Å². The number of rotatable bonds is 8. The van der Waals surface area contributed by atoms with Crippen molar-refractivity contribution in [2.24, 2.45) is 5.92 Å². The molecule has 1 fully saturated rings. The number of alkyl halides is 3. The van der Waals surface area contributed by atoms with Gasteiger partial charge in [0.05, 0.1) is 16.8 Å². The van der Waals surface area contributed by atoms with Gasteiger partial charge in [-0.1, -0.05) is 68.4 Å². The van der Waals surface area contributed by atoms with E-state index in [0.717, 1.165) is 95.9 Å². The summed E-state index contributed by atoms with van der Waals surface area (Å²) in [6.07, 6.45) is -0.542. The largest absolute Gasteiger partial charge is 0.416 e. The number of halogens is 3. The Labute approximate surface area is 256 Å². The molecule has 2 N–H and O–H groups in total. The van der Waals surface area contributed by atoms with Crippen LogP contribution in [-0.2, 0) is 17.4 Å². The van der Waals surface area contributed by atoms with Crippen LogP contribution >= 0.6 is 0 Å². The molecule has 0 bridgehead atoms. The number of nitrogens with one attached hydrogen (secondary N) is 2. The summed E-state index contributed by atoms with van der Waals surface area (Å²) in [4.78, 5) is 18.2. The summed E-state index contributed by atoms with van der Waals surface area (Å²) in [5.74, 6) is 0.302. The lowest BCUT2D eigenvalue weighted by Gasteiger charge is -2.32. The zero-order chi connectivity index (χ0) is 30.8. The molecule has 4 aromatic carbocycles. The number of aromatic amines is 1. The molecule has 1 saturated heterocycles. The molecule has 226 valence electrons. The van der Waals surface area contributed by atoms with Crippen LogP contribution in [0.3, 0.4) is 0 Å². The van der Waals surface area contributed by atoms with Crippen molar-refractivity contribution in [2.45, 2.75) is 51.6 Å². The predicted octanol–water partition coefficient (Wildman–Crippen LogP) is 9.01. The molecule has 1 aliphatic rings. The van der Waals surface area contributed by atoms with E-state index in [2.05, 4.69) is 51.6 Å². The molecule has 1 aliphatic heterocycles. The minimum Gasteiger partial charge on any atom is -0.354 e. The van der Waals surface area contributed by atoms with Crippen molar-refractivity contribution in [1.29, 1.82) is 0 Å². The number of piperidine rings is 1. The second kappa shape index (κ2) is 12.4. The fourth-order valence-corrected chi connectivity index (χ4v) is 6.32. The average Bonchev–Trinajstić information content (AvgIpc) is 3.40. The number of aryl methyl sites for hydroxylation is 1. The number of carbonyl (C=O) groups is 1. The van der Waals surface area contributed by atoms with Gasteiger partial charge in [-0.15, -0.1) is 0 Å². The third kappa shape index (κ3) is 6.32. The zero-order valence-electron chi connectivity index (χ0n) is 25.0. The van der Waals surface area contributed by atoms with Crippen molar-refractivity contribution in [3.63, 3.8) is 0 Å². The van der Waals surface area contributed by atoms with Gasteiger partial charge in [-0.2, -0.15) is 13.2 Å². The quantitative estimate of drug-likeness (QED) is 0.188. The van der Waals surface area contributed by atoms with E-state index in [1.807, 2.05) is 38.1 Å². The molecule has 0 unspecified atom stereocenters. The van der Waals surface area contributed by atoms with Gasteiger partial charge in [0.15, 0.2) is 0 Å². The Morgan fingerprint density at radius 1 is 1.02 bits per heavy atom. The third-order valence-corrected chi connectivity index (χ3v) is 8.81. The Kier molecular flexibility index (Phi) is 8.38. The number of hydrogen-bond donors (Lipinski definition) is 2. The van der Waals surface area contributed by atoms with E-state index < -0.39 is 11.7 Å². The number of benzene rings is 3. The summed E-state index contributed by atoms with van der Waals surface area (Å²) < 4.78 is 39.8. The number of fused-ring (bicyclic) bond motifs is 3. The summed E-state index contributed by atoms with van der Waals surface area (Å²) in [6, 6.07) is 28.0. The highest BCUT2D eigenvalue weighted by Gasteiger charge is 2.30. The molecule has 0 spiro atoms. The van der Waals surface area contributed by atoms with Crippen LogP contribution < -0.4 is 5.32 Å². The van der Waals surface area contributed by atoms with Crippen LogP contribution in [0.15, 0.2) is 72.8 Å². The first-order valence-corrected chi connectivity index (χ1v) is 15.3. The summed E-state index contributed by atoms with van der Waals surface area (Å²) in [6.45, 7) is 6.66. The first-order chi connectivity index (χ1) is 21.2. The van der Waals surface area contributed by atoms with Crippen LogP contribution in [0.4, 0.5) is 18.9 Å². The fraction of sp³-hybridized carbons (Fsp3) is 0.324. The second-order valence-electron chi connectivity index (χ2n) is 12.1. The fourth-order valence-electron chi connectivity index (χ4n) is 6.32. The van der Waals surface area contributed by atoms with Crippen molar-refractivity contribution in [3.05, 3.63) is 102 Å². The molecule has 2 heterocycles. The highest BCUT2D eigenvalue weighted by Crippen LogP contribution is 2.37. The van der Waals surface area contributed by atoms with Gasteiger partial charge in [-0.25, -0.2) is 0 Å². The zero-order valence-corrected chi connectivity index (χ0v) is 25.0. The molecule has 1 amide bonds. The molecule has 44 heavy (non-hydrogen) atoms. The Balaban J connectivity index is 1.15. The average molecular weight is 596 g/mol. The molecule has 1 aromatic heterocycles. The number of H-pyrrole nitrogens is 1. The van der Waals surface area contributed by atoms with Crippen LogP contribution in [-0.4, -0.2) is 35.4 Å². The summed E-state index contributed by atoms with van der Waals surface area (Å²) in [5.41, 5.74) is 5.04. The number of carbonyl (C=O) groups excluding carboxylic acids is 1. The Bertz CT molecular complexity index is 1760. The first-order valence-electron chi connectivity index (χ1n) is 15.3. The maximum absolute atomic E-state index is 13.3. The van der Waals surface area contributed by atoms with Gasteiger partial charge in [-0.05, 0) is 104 Å². The number of likely N-dealkylation sites (tertiary alicyclic amines) is 1. The first kappa shape index (κ1) is 29.8. The van der Waals surface area contributed by atoms with Gasteiger partial charge in [-0.3, -0.25) is 4.79 Å². The van der Waals surface area contributed by atoms with E-state index in [1.165, 1.54) is 5.56 Å².